The number of methoxy groups -OCH3 is 1. The summed E-state index contributed by atoms with van der Waals surface area (Å²) in [6.07, 6.45) is 5.23. The van der Waals surface area contributed by atoms with Gasteiger partial charge in [0.2, 0.25) is 0 Å². The van der Waals surface area contributed by atoms with Gasteiger partial charge in [-0.3, -0.25) is 9.67 Å². The molecule has 0 radical (unpaired) electrons. The standard InChI is InChI=1S/C22H27N5O.HI/c1-23-22(27-9-8-19(15-27)20-13-25-26(2)14-20)24-12-16-4-5-18-11-21(28-3)7-6-17(18)10-16;/h4-7,10-11,13-14,19H,8-9,12,15H2,1-3H3,(H,23,24);1H. The van der Waals surface area contributed by atoms with Crippen LogP contribution in [0.5, 0.6) is 5.75 Å². The quantitative estimate of drug-likeness (QED) is 0.334. The van der Waals surface area contributed by atoms with Crippen molar-refractivity contribution in [2.45, 2.75) is 18.9 Å². The zero-order valence-corrected chi connectivity index (χ0v) is 19.5. The summed E-state index contributed by atoms with van der Waals surface area (Å²) in [5.74, 6) is 2.36. The molecule has 2 aromatic carbocycles. The van der Waals surface area contributed by atoms with Crippen LogP contribution in [0.2, 0.25) is 0 Å². The third kappa shape index (κ3) is 4.83. The van der Waals surface area contributed by atoms with E-state index >= 15 is 0 Å². The van der Waals surface area contributed by atoms with Gasteiger partial charge in [-0.25, -0.2) is 0 Å². The number of aryl methyl sites for hydroxylation is 1. The molecular weight excluding hydrogens is 477 g/mol. The van der Waals surface area contributed by atoms with Gasteiger partial charge >= 0.3 is 0 Å². The number of guanidine groups is 1. The molecule has 0 spiro atoms. The molecule has 154 valence electrons. The minimum absolute atomic E-state index is 0. The van der Waals surface area contributed by atoms with Crippen LogP contribution in [0.25, 0.3) is 10.8 Å². The van der Waals surface area contributed by atoms with Gasteiger partial charge in [0.25, 0.3) is 0 Å². The van der Waals surface area contributed by atoms with Gasteiger partial charge in [-0.15, -0.1) is 24.0 Å². The van der Waals surface area contributed by atoms with Crippen molar-refractivity contribution >= 4 is 40.7 Å². The SMILES string of the molecule is CN=C(NCc1ccc2cc(OC)ccc2c1)N1CCC(c2cnn(C)c2)C1.I. The first-order chi connectivity index (χ1) is 13.7. The lowest BCUT2D eigenvalue weighted by molar-refractivity contribution is 0.415. The summed E-state index contributed by atoms with van der Waals surface area (Å²) in [5.41, 5.74) is 2.55. The first-order valence-corrected chi connectivity index (χ1v) is 9.67. The molecule has 1 saturated heterocycles. The number of aliphatic imine (C=N–C) groups is 1. The fourth-order valence-corrected chi connectivity index (χ4v) is 3.90. The van der Waals surface area contributed by atoms with Crippen molar-refractivity contribution in [3.05, 3.63) is 59.9 Å². The number of halogens is 1. The molecule has 1 aliphatic rings. The van der Waals surface area contributed by atoms with Gasteiger partial charge in [-0.2, -0.15) is 5.10 Å². The second-order valence-electron chi connectivity index (χ2n) is 7.33. The normalized spacial score (nSPS) is 16.7. The molecule has 1 N–H and O–H groups in total. The molecule has 0 bridgehead atoms. The Hall–Kier alpha value is -2.29. The van der Waals surface area contributed by atoms with Crippen molar-refractivity contribution in [2.75, 3.05) is 27.2 Å². The summed E-state index contributed by atoms with van der Waals surface area (Å²) in [4.78, 5) is 6.83. The summed E-state index contributed by atoms with van der Waals surface area (Å²) in [6, 6.07) is 12.7. The Bertz CT molecular complexity index is 1000. The smallest absolute Gasteiger partial charge is 0.193 e. The number of hydrogen-bond donors (Lipinski definition) is 1. The maximum absolute atomic E-state index is 5.31. The van der Waals surface area contributed by atoms with E-state index in [1.807, 2.05) is 31.0 Å². The van der Waals surface area contributed by atoms with E-state index in [-0.39, 0.29) is 24.0 Å². The number of aromatic nitrogens is 2. The Morgan fingerprint density at radius 2 is 2.03 bits per heavy atom. The van der Waals surface area contributed by atoms with Crippen molar-refractivity contribution in [2.24, 2.45) is 12.0 Å². The molecule has 1 aliphatic heterocycles. The first-order valence-electron chi connectivity index (χ1n) is 9.67. The number of fused-ring (bicyclic) bond motifs is 1. The number of rotatable bonds is 4. The highest BCUT2D eigenvalue weighted by Crippen LogP contribution is 2.27. The van der Waals surface area contributed by atoms with Gasteiger partial charge in [0.15, 0.2) is 5.96 Å². The number of ether oxygens (including phenoxy) is 1. The number of nitrogens with one attached hydrogen (secondary N) is 1. The van der Waals surface area contributed by atoms with Crippen molar-refractivity contribution in [1.82, 2.24) is 20.0 Å². The van der Waals surface area contributed by atoms with E-state index in [0.717, 1.165) is 37.8 Å². The highest BCUT2D eigenvalue weighted by molar-refractivity contribution is 14.0. The maximum Gasteiger partial charge on any atom is 0.193 e. The highest BCUT2D eigenvalue weighted by Gasteiger charge is 2.26. The zero-order chi connectivity index (χ0) is 19.5. The van der Waals surface area contributed by atoms with Crippen LogP contribution in [0.1, 0.15) is 23.5 Å². The van der Waals surface area contributed by atoms with Gasteiger partial charge < -0.3 is 15.0 Å². The Morgan fingerprint density at radius 1 is 1.24 bits per heavy atom. The zero-order valence-electron chi connectivity index (χ0n) is 17.1. The van der Waals surface area contributed by atoms with Crippen LogP contribution in [0.4, 0.5) is 0 Å². The topological polar surface area (TPSA) is 54.7 Å². The van der Waals surface area contributed by atoms with Gasteiger partial charge in [0.1, 0.15) is 5.75 Å². The van der Waals surface area contributed by atoms with Crippen LogP contribution in [-0.2, 0) is 13.6 Å². The molecule has 7 heteroatoms. The van der Waals surface area contributed by atoms with Crippen LogP contribution >= 0.6 is 24.0 Å². The van der Waals surface area contributed by atoms with Crippen LogP contribution in [0.3, 0.4) is 0 Å². The molecule has 4 rings (SSSR count). The van der Waals surface area contributed by atoms with Crippen LogP contribution in [0, 0.1) is 0 Å². The predicted octanol–water partition coefficient (Wildman–Crippen LogP) is 3.76. The minimum Gasteiger partial charge on any atom is -0.497 e. The molecule has 1 atom stereocenters. The van der Waals surface area contributed by atoms with Crippen LogP contribution < -0.4 is 10.1 Å². The van der Waals surface area contributed by atoms with Gasteiger partial charge in [0.05, 0.1) is 13.3 Å². The van der Waals surface area contributed by atoms with Gasteiger partial charge in [-0.05, 0) is 46.5 Å². The molecule has 1 unspecified atom stereocenters. The lowest BCUT2D eigenvalue weighted by Crippen LogP contribution is -2.39. The molecule has 0 saturated carbocycles. The van der Waals surface area contributed by atoms with E-state index in [1.165, 1.54) is 21.9 Å². The molecule has 1 aromatic heterocycles. The second kappa shape index (κ2) is 9.47. The fraction of sp³-hybridized carbons (Fsp3) is 0.364. The monoisotopic (exact) mass is 505 g/mol. The lowest BCUT2D eigenvalue weighted by atomic mass is 10.0. The lowest BCUT2D eigenvalue weighted by Gasteiger charge is -2.21. The third-order valence-corrected chi connectivity index (χ3v) is 5.46. The van der Waals surface area contributed by atoms with E-state index in [1.54, 1.807) is 7.11 Å². The van der Waals surface area contributed by atoms with Crippen molar-refractivity contribution in [3.63, 3.8) is 0 Å². The number of likely N-dealkylation sites (tertiary alicyclic amines) is 1. The van der Waals surface area contributed by atoms with Gasteiger partial charge in [-0.1, -0.05) is 18.2 Å². The summed E-state index contributed by atoms with van der Waals surface area (Å²) in [6.45, 7) is 2.74. The molecule has 29 heavy (non-hydrogen) atoms. The minimum atomic E-state index is 0. The molecule has 1 fully saturated rings. The van der Waals surface area contributed by atoms with Gasteiger partial charge in [0, 0.05) is 45.8 Å². The summed E-state index contributed by atoms with van der Waals surface area (Å²) in [7, 11) is 5.52. The average molecular weight is 505 g/mol. The molecule has 0 aliphatic carbocycles. The molecule has 2 heterocycles. The number of nitrogens with zero attached hydrogens (tertiary/aromatic N) is 4. The Labute approximate surface area is 189 Å². The second-order valence-corrected chi connectivity index (χ2v) is 7.33. The fourth-order valence-electron chi connectivity index (χ4n) is 3.90. The summed E-state index contributed by atoms with van der Waals surface area (Å²) >= 11 is 0. The van der Waals surface area contributed by atoms with Crippen molar-refractivity contribution in [3.8, 4) is 5.75 Å². The largest absolute Gasteiger partial charge is 0.497 e. The summed E-state index contributed by atoms with van der Waals surface area (Å²) < 4.78 is 7.18. The third-order valence-electron chi connectivity index (χ3n) is 5.46. The van der Waals surface area contributed by atoms with Crippen LogP contribution in [0.15, 0.2) is 53.8 Å². The highest BCUT2D eigenvalue weighted by atomic mass is 127. The Morgan fingerprint density at radius 3 is 2.76 bits per heavy atom. The van der Waals surface area contributed by atoms with E-state index in [4.69, 9.17) is 4.74 Å². The van der Waals surface area contributed by atoms with Crippen molar-refractivity contribution in [1.29, 1.82) is 0 Å². The summed E-state index contributed by atoms with van der Waals surface area (Å²) in [5, 5.41) is 10.2. The molecule has 3 aromatic rings. The Balaban J connectivity index is 0.00000240. The number of hydrogen-bond acceptors (Lipinski definition) is 3. The van der Waals surface area contributed by atoms with E-state index in [2.05, 4.69) is 56.8 Å². The van der Waals surface area contributed by atoms with E-state index in [9.17, 15) is 0 Å². The molecule has 0 amide bonds. The molecular formula is C22H28IN5O. The number of benzene rings is 2. The first kappa shape index (κ1) is 21.4. The average Bonchev–Trinajstić information content (AvgIpc) is 3.37. The van der Waals surface area contributed by atoms with Crippen LogP contribution in [-0.4, -0.2) is 47.9 Å². The molecule has 6 nitrogen and oxygen atoms in total. The van der Waals surface area contributed by atoms with E-state index in [0.29, 0.717) is 5.92 Å². The maximum atomic E-state index is 5.31. The predicted molar refractivity (Wildman–Crippen MR) is 128 cm³/mol. The van der Waals surface area contributed by atoms with Crippen molar-refractivity contribution < 1.29 is 4.74 Å². The van der Waals surface area contributed by atoms with E-state index < -0.39 is 0 Å². The Kier molecular flexibility index (Phi) is 7.00.